The highest BCUT2D eigenvalue weighted by Gasteiger charge is 2.05. The first-order valence-corrected chi connectivity index (χ1v) is 12.2. The first-order chi connectivity index (χ1) is 14.9. The lowest BCUT2D eigenvalue weighted by molar-refractivity contribution is 0.741. The predicted molar refractivity (Wildman–Crippen MR) is 139 cm³/mol. The molecule has 0 radical (unpaired) electrons. The van der Waals surface area contributed by atoms with Gasteiger partial charge in [-0.3, -0.25) is 9.98 Å². The Hall–Kier alpha value is -2.22. The molecule has 0 spiro atoms. The van der Waals surface area contributed by atoms with Gasteiger partial charge < -0.3 is 0 Å². The van der Waals surface area contributed by atoms with Crippen LogP contribution in [0.2, 0.25) is 0 Å². The SMILES string of the molecule is CCCCCC(C)=Nc1ccc(Cc2ccc(N=C(C)CCCCC)c(C)c2)cc1C. The van der Waals surface area contributed by atoms with Gasteiger partial charge in [0.1, 0.15) is 0 Å². The van der Waals surface area contributed by atoms with E-state index in [9.17, 15) is 0 Å². The Morgan fingerprint density at radius 3 is 1.42 bits per heavy atom. The smallest absolute Gasteiger partial charge is 0.0658 e. The number of benzene rings is 2. The molecule has 31 heavy (non-hydrogen) atoms. The summed E-state index contributed by atoms with van der Waals surface area (Å²) >= 11 is 0. The normalized spacial score (nSPS) is 12.5. The molecule has 0 saturated carbocycles. The molecule has 2 aromatic carbocycles. The average Bonchev–Trinajstić information content (AvgIpc) is 2.72. The Morgan fingerprint density at radius 1 is 0.645 bits per heavy atom. The van der Waals surface area contributed by atoms with Crippen molar-refractivity contribution >= 4 is 22.8 Å². The summed E-state index contributed by atoms with van der Waals surface area (Å²) in [5.41, 5.74) is 9.88. The van der Waals surface area contributed by atoms with Crippen molar-refractivity contribution in [2.45, 2.75) is 99.3 Å². The van der Waals surface area contributed by atoms with Gasteiger partial charge in [-0.05, 0) is 94.2 Å². The molecule has 2 aromatic rings. The number of nitrogens with zero attached hydrogens (tertiary/aromatic N) is 2. The summed E-state index contributed by atoms with van der Waals surface area (Å²) in [6.45, 7) is 13.1. The summed E-state index contributed by atoms with van der Waals surface area (Å²) in [5, 5.41) is 0. The van der Waals surface area contributed by atoms with E-state index in [2.05, 4.69) is 77.9 Å². The van der Waals surface area contributed by atoms with E-state index in [-0.39, 0.29) is 0 Å². The summed E-state index contributed by atoms with van der Waals surface area (Å²) < 4.78 is 0. The molecule has 0 amide bonds. The van der Waals surface area contributed by atoms with Crippen LogP contribution in [0.3, 0.4) is 0 Å². The maximum atomic E-state index is 4.86. The van der Waals surface area contributed by atoms with E-state index < -0.39 is 0 Å². The summed E-state index contributed by atoms with van der Waals surface area (Å²) in [6, 6.07) is 13.4. The molecule has 0 N–H and O–H groups in total. The summed E-state index contributed by atoms with van der Waals surface area (Å²) in [7, 11) is 0. The molecule has 168 valence electrons. The molecule has 2 rings (SSSR count). The molecule has 0 unspecified atom stereocenters. The standard InChI is InChI=1S/C29H42N2/c1-7-9-11-13-24(5)30-28-17-15-26(19-22(28)3)21-27-16-18-29(23(4)20-27)31-25(6)14-12-10-8-2/h15-20H,7-14,21H2,1-6H3. The van der Waals surface area contributed by atoms with Crippen LogP contribution in [0.1, 0.15) is 101 Å². The lowest BCUT2D eigenvalue weighted by Crippen LogP contribution is -1.94. The number of hydrogen-bond acceptors (Lipinski definition) is 2. The number of rotatable bonds is 12. The van der Waals surface area contributed by atoms with Gasteiger partial charge in [0.05, 0.1) is 11.4 Å². The largest absolute Gasteiger partial charge is 0.258 e. The van der Waals surface area contributed by atoms with Crippen LogP contribution in [-0.4, -0.2) is 11.4 Å². The zero-order valence-electron chi connectivity index (χ0n) is 20.7. The number of aryl methyl sites for hydroxylation is 2. The molecule has 0 aliphatic carbocycles. The van der Waals surface area contributed by atoms with E-state index in [0.29, 0.717) is 0 Å². The molecular weight excluding hydrogens is 376 g/mol. The molecule has 0 fully saturated rings. The fraction of sp³-hybridized carbons (Fsp3) is 0.517. The molecule has 0 atom stereocenters. The predicted octanol–water partition coefficient (Wildman–Crippen LogP) is 9.24. The van der Waals surface area contributed by atoms with Gasteiger partial charge >= 0.3 is 0 Å². The third kappa shape index (κ3) is 8.81. The van der Waals surface area contributed by atoms with Gasteiger partial charge in [-0.2, -0.15) is 0 Å². The number of aliphatic imine (C=N–C) groups is 2. The van der Waals surface area contributed by atoms with Crippen LogP contribution in [0, 0.1) is 13.8 Å². The summed E-state index contributed by atoms with van der Waals surface area (Å²) in [6.07, 6.45) is 10.7. The van der Waals surface area contributed by atoms with Crippen molar-refractivity contribution in [1.82, 2.24) is 0 Å². The van der Waals surface area contributed by atoms with Crippen LogP contribution in [-0.2, 0) is 6.42 Å². The molecule has 0 aliphatic heterocycles. The third-order valence-electron chi connectivity index (χ3n) is 5.84. The monoisotopic (exact) mass is 418 g/mol. The zero-order valence-corrected chi connectivity index (χ0v) is 20.7. The highest BCUT2D eigenvalue weighted by molar-refractivity contribution is 5.85. The van der Waals surface area contributed by atoms with Crippen LogP contribution >= 0.6 is 0 Å². The van der Waals surface area contributed by atoms with Gasteiger partial charge in [0.25, 0.3) is 0 Å². The van der Waals surface area contributed by atoms with Gasteiger partial charge in [-0.15, -0.1) is 0 Å². The molecule has 0 heterocycles. The number of unbranched alkanes of at least 4 members (excludes halogenated alkanes) is 4. The Bertz CT molecular complexity index is 816. The first kappa shape index (κ1) is 25.0. The van der Waals surface area contributed by atoms with Crippen LogP contribution < -0.4 is 0 Å². The molecule has 0 saturated heterocycles. The van der Waals surface area contributed by atoms with Crippen molar-refractivity contribution in [3.8, 4) is 0 Å². The van der Waals surface area contributed by atoms with E-state index in [1.165, 1.54) is 72.2 Å². The van der Waals surface area contributed by atoms with E-state index in [4.69, 9.17) is 9.98 Å². The maximum Gasteiger partial charge on any atom is 0.0658 e. The molecule has 0 bridgehead atoms. The van der Waals surface area contributed by atoms with Gasteiger partial charge in [-0.1, -0.05) is 63.8 Å². The van der Waals surface area contributed by atoms with E-state index in [0.717, 1.165) is 30.6 Å². The minimum atomic E-state index is 0.945. The lowest BCUT2D eigenvalue weighted by Gasteiger charge is -2.09. The van der Waals surface area contributed by atoms with Crippen molar-refractivity contribution in [1.29, 1.82) is 0 Å². The highest BCUT2D eigenvalue weighted by atomic mass is 14.7. The Labute approximate surface area is 190 Å². The third-order valence-corrected chi connectivity index (χ3v) is 5.84. The fourth-order valence-electron chi connectivity index (χ4n) is 3.93. The first-order valence-electron chi connectivity index (χ1n) is 12.2. The molecule has 0 aliphatic rings. The topological polar surface area (TPSA) is 24.7 Å². The summed E-state index contributed by atoms with van der Waals surface area (Å²) in [5.74, 6) is 0. The van der Waals surface area contributed by atoms with E-state index in [1.54, 1.807) is 0 Å². The lowest BCUT2D eigenvalue weighted by atomic mass is 10.00. The zero-order chi connectivity index (χ0) is 22.6. The Balaban J connectivity index is 2.04. The molecule has 2 heteroatoms. The molecule has 2 nitrogen and oxygen atoms in total. The maximum absolute atomic E-state index is 4.86. The van der Waals surface area contributed by atoms with Crippen molar-refractivity contribution in [3.05, 3.63) is 58.7 Å². The Kier molecular flexibility index (Phi) is 10.7. The van der Waals surface area contributed by atoms with Crippen molar-refractivity contribution in [3.63, 3.8) is 0 Å². The van der Waals surface area contributed by atoms with Crippen molar-refractivity contribution in [2.24, 2.45) is 9.98 Å². The van der Waals surface area contributed by atoms with Crippen LogP contribution in [0.4, 0.5) is 11.4 Å². The van der Waals surface area contributed by atoms with Crippen LogP contribution in [0.25, 0.3) is 0 Å². The second-order valence-electron chi connectivity index (χ2n) is 9.03. The second-order valence-corrected chi connectivity index (χ2v) is 9.03. The highest BCUT2D eigenvalue weighted by Crippen LogP contribution is 2.25. The second kappa shape index (κ2) is 13.2. The number of hydrogen-bond donors (Lipinski definition) is 0. The minimum Gasteiger partial charge on any atom is -0.258 e. The van der Waals surface area contributed by atoms with Gasteiger partial charge in [-0.25, -0.2) is 0 Å². The molecular formula is C29H42N2. The average molecular weight is 419 g/mol. The van der Waals surface area contributed by atoms with Crippen LogP contribution in [0.5, 0.6) is 0 Å². The van der Waals surface area contributed by atoms with Crippen molar-refractivity contribution in [2.75, 3.05) is 0 Å². The van der Waals surface area contributed by atoms with E-state index in [1.807, 2.05) is 0 Å². The van der Waals surface area contributed by atoms with Gasteiger partial charge in [0.2, 0.25) is 0 Å². The molecule has 0 aromatic heterocycles. The quantitative estimate of drug-likeness (QED) is 0.242. The van der Waals surface area contributed by atoms with Crippen molar-refractivity contribution < 1.29 is 0 Å². The minimum absolute atomic E-state index is 0.945. The Morgan fingerprint density at radius 2 is 1.06 bits per heavy atom. The van der Waals surface area contributed by atoms with E-state index >= 15 is 0 Å². The fourth-order valence-corrected chi connectivity index (χ4v) is 3.93. The summed E-state index contributed by atoms with van der Waals surface area (Å²) in [4.78, 5) is 9.72. The van der Waals surface area contributed by atoms with Crippen LogP contribution in [0.15, 0.2) is 46.4 Å². The van der Waals surface area contributed by atoms with Gasteiger partial charge in [0.15, 0.2) is 0 Å². The van der Waals surface area contributed by atoms with Gasteiger partial charge in [0, 0.05) is 11.4 Å².